The Bertz CT molecular complexity index is 962. The van der Waals surface area contributed by atoms with Crippen molar-refractivity contribution in [3.8, 4) is 0 Å². The lowest BCUT2D eigenvalue weighted by Crippen LogP contribution is -2.51. The molecular formula is C27H43N3O6S. The molecule has 1 fully saturated rings. The van der Waals surface area contributed by atoms with Gasteiger partial charge in [-0.1, -0.05) is 69.7 Å². The van der Waals surface area contributed by atoms with Gasteiger partial charge >= 0.3 is 0 Å². The first-order chi connectivity index (χ1) is 17.6. The van der Waals surface area contributed by atoms with Crippen LogP contribution in [0.5, 0.6) is 0 Å². The van der Waals surface area contributed by atoms with Gasteiger partial charge in [0.15, 0.2) is 6.29 Å². The van der Waals surface area contributed by atoms with Crippen LogP contribution in [0.15, 0.2) is 36.4 Å². The molecule has 0 saturated carbocycles. The third-order valence-electron chi connectivity index (χ3n) is 6.16. The number of sulfonamides is 1. The molecule has 0 spiro atoms. The van der Waals surface area contributed by atoms with Gasteiger partial charge in [0.05, 0.1) is 18.1 Å². The number of benzene rings is 1. The van der Waals surface area contributed by atoms with Gasteiger partial charge < -0.3 is 4.74 Å². The van der Waals surface area contributed by atoms with Crippen LogP contribution in [0.3, 0.4) is 0 Å². The van der Waals surface area contributed by atoms with E-state index in [0.717, 1.165) is 35.5 Å². The molecule has 208 valence electrons. The molecular weight excluding hydrogens is 494 g/mol. The predicted molar refractivity (Wildman–Crippen MR) is 144 cm³/mol. The van der Waals surface area contributed by atoms with Crippen LogP contribution in [0, 0.1) is 17.8 Å². The van der Waals surface area contributed by atoms with E-state index in [0.29, 0.717) is 25.9 Å². The topological polar surface area (TPSA) is 114 Å². The average molecular weight is 538 g/mol. The van der Waals surface area contributed by atoms with Gasteiger partial charge in [0, 0.05) is 19.6 Å². The normalized spacial score (nSPS) is 18.2. The van der Waals surface area contributed by atoms with Crippen LogP contribution in [0.1, 0.15) is 71.3 Å². The minimum Gasteiger partial charge on any atom is -0.350 e. The SMILES string of the molecule is CCCCN(NC(=O)[C@H](CC(C)C)[C@H](CC=Cc1ccccc1)C(=O)NOC1CCCCO1)S(C)(=O)=O. The van der Waals surface area contributed by atoms with E-state index in [9.17, 15) is 18.0 Å². The lowest BCUT2D eigenvalue weighted by Gasteiger charge is -2.30. The Hall–Kier alpha value is -2.27. The molecule has 2 amide bonds. The van der Waals surface area contributed by atoms with Crippen LogP contribution in [0.25, 0.3) is 6.08 Å². The highest BCUT2D eigenvalue weighted by Crippen LogP contribution is 2.26. The predicted octanol–water partition coefficient (Wildman–Crippen LogP) is 4.04. The zero-order chi connectivity index (χ0) is 27.3. The van der Waals surface area contributed by atoms with Crippen molar-refractivity contribution in [2.75, 3.05) is 19.4 Å². The van der Waals surface area contributed by atoms with Crippen molar-refractivity contribution in [2.24, 2.45) is 17.8 Å². The second-order valence-electron chi connectivity index (χ2n) is 9.94. The van der Waals surface area contributed by atoms with Crippen LogP contribution in [0.4, 0.5) is 0 Å². The maximum atomic E-state index is 13.5. The number of allylic oxidation sites excluding steroid dienone is 1. The van der Waals surface area contributed by atoms with E-state index in [1.54, 1.807) is 0 Å². The summed E-state index contributed by atoms with van der Waals surface area (Å²) in [6, 6.07) is 9.67. The maximum absolute atomic E-state index is 13.5. The molecule has 2 rings (SSSR count). The minimum atomic E-state index is -3.67. The first kappa shape index (κ1) is 31.0. The fourth-order valence-corrected chi connectivity index (χ4v) is 4.86. The summed E-state index contributed by atoms with van der Waals surface area (Å²) in [5.74, 6) is -2.40. The number of rotatable bonds is 15. The molecule has 3 atom stereocenters. The lowest BCUT2D eigenvalue weighted by molar-refractivity contribution is -0.203. The molecule has 0 bridgehead atoms. The summed E-state index contributed by atoms with van der Waals surface area (Å²) in [5.41, 5.74) is 6.07. The number of hydrogen-bond acceptors (Lipinski definition) is 6. The van der Waals surface area contributed by atoms with Crippen molar-refractivity contribution in [3.63, 3.8) is 0 Å². The minimum absolute atomic E-state index is 0.0917. The van der Waals surface area contributed by atoms with Crippen LogP contribution in [-0.2, 0) is 29.2 Å². The number of hydroxylamine groups is 1. The lowest BCUT2D eigenvalue weighted by atomic mass is 9.82. The number of hydrazine groups is 1. The number of hydrogen-bond donors (Lipinski definition) is 2. The molecule has 0 radical (unpaired) electrons. The summed E-state index contributed by atoms with van der Waals surface area (Å²) < 4.78 is 31.2. The van der Waals surface area contributed by atoms with Crippen molar-refractivity contribution < 1.29 is 27.6 Å². The highest BCUT2D eigenvalue weighted by molar-refractivity contribution is 7.88. The van der Waals surface area contributed by atoms with E-state index < -0.39 is 40.0 Å². The Balaban J connectivity index is 2.26. The number of ether oxygens (including phenoxy) is 1. The van der Waals surface area contributed by atoms with Crippen LogP contribution < -0.4 is 10.9 Å². The standard InChI is InChI=1S/C27H43N3O6S/c1-5-6-18-30(37(4,33)34)28-26(31)24(20-21(2)3)23(16-12-15-22-13-8-7-9-14-22)27(32)29-36-25-17-10-11-19-35-25/h7-9,12-15,21,23-25H,5-6,10-11,16-20H2,1-4H3,(H,28,31)(H,29,32)/t23-,24+,25?/m0/s1. The third-order valence-corrected chi connectivity index (χ3v) is 7.24. The molecule has 1 unspecified atom stereocenters. The van der Waals surface area contributed by atoms with Gasteiger partial charge in [0.1, 0.15) is 0 Å². The van der Waals surface area contributed by atoms with Gasteiger partial charge in [-0.2, -0.15) is 0 Å². The first-order valence-corrected chi connectivity index (χ1v) is 15.0. The van der Waals surface area contributed by atoms with Gasteiger partial charge in [-0.3, -0.25) is 15.0 Å². The third kappa shape index (κ3) is 11.3. The van der Waals surface area contributed by atoms with E-state index in [2.05, 4.69) is 10.9 Å². The number of carbonyl (C=O) groups is 2. The highest BCUT2D eigenvalue weighted by Gasteiger charge is 2.36. The van der Waals surface area contributed by atoms with E-state index >= 15 is 0 Å². The van der Waals surface area contributed by atoms with Crippen molar-refractivity contribution in [1.29, 1.82) is 0 Å². The Labute approximate surface area is 221 Å². The molecule has 1 aromatic carbocycles. The van der Waals surface area contributed by atoms with Gasteiger partial charge in [-0.15, -0.1) is 4.41 Å². The summed E-state index contributed by atoms with van der Waals surface area (Å²) in [6.07, 6.45) is 8.92. The summed E-state index contributed by atoms with van der Waals surface area (Å²) in [4.78, 5) is 32.4. The fourth-order valence-electron chi connectivity index (χ4n) is 4.15. The fraction of sp³-hybridized carbons (Fsp3) is 0.630. The summed E-state index contributed by atoms with van der Waals surface area (Å²) >= 11 is 0. The zero-order valence-electron chi connectivity index (χ0n) is 22.5. The van der Waals surface area contributed by atoms with Crippen LogP contribution in [0.2, 0.25) is 0 Å². The number of unbranched alkanes of at least 4 members (excludes halogenated alkanes) is 1. The van der Waals surface area contributed by atoms with Gasteiger partial charge in [0.2, 0.25) is 21.8 Å². The molecule has 1 saturated heterocycles. The second kappa shape index (κ2) is 15.9. The molecule has 1 heterocycles. The monoisotopic (exact) mass is 537 g/mol. The largest absolute Gasteiger partial charge is 0.350 e. The molecule has 37 heavy (non-hydrogen) atoms. The van der Waals surface area contributed by atoms with E-state index in [4.69, 9.17) is 9.57 Å². The molecule has 0 aliphatic carbocycles. The summed E-state index contributed by atoms with van der Waals surface area (Å²) in [7, 11) is -3.67. The molecule has 1 aliphatic rings. The van der Waals surface area contributed by atoms with E-state index in [1.807, 2.05) is 63.3 Å². The van der Waals surface area contributed by atoms with Gasteiger partial charge in [-0.05, 0) is 43.6 Å². The molecule has 2 N–H and O–H groups in total. The number of amides is 2. The first-order valence-electron chi connectivity index (χ1n) is 13.2. The van der Waals surface area contributed by atoms with Crippen LogP contribution in [-0.4, -0.2) is 50.3 Å². The molecule has 1 aromatic rings. The van der Waals surface area contributed by atoms with Gasteiger partial charge in [0.25, 0.3) is 0 Å². The number of carbonyl (C=O) groups excluding carboxylic acids is 2. The van der Waals surface area contributed by atoms with Crippen LogP contribution >= 0.6 is 0 Å². The number of nitrogens with one attached hydrogen (secondary N) is 2. The Morgan fingerprint density at radius 1 is 1.16 bits per heavy atom. The molecule has 0 aromatic heterocycles. The van der Waals surface area contributed by atoms with Crippen molar-refractivity contribution >= 4 is 27.9 Å². The summed E-state index contributed by atoms with van der Waals surface area (Å²) in [5, 5.41) is 0. The highest BCUT2D eigenvalue weighted by atomic mass is 32.2. The van der Waals surface area contributed by atoms with Crippen molar-refractivity contribution in [2.45, 2.75) is 72.0 Å². The van der Waals surface area contributed by atoms with Crippen molar-refractivity contribution in [3.05, 3.63) is 42.0 Å². The molecule has 10 heteroatoms. The molecule has 9 nitrogen and oxygen atoms in total. The quantitative estimate of drug-likeness (QED) is 0.327. The number of nitrogens with zero attached hydrogens (tertiary/aromatic N) is 1. The van der Waals surface area contributed by atoms with E-state index in [-0.39, 0.29) is 18.9 Å². The second-order valence-corrected chi connectivity index (χ2v) is 11.8. The van der Waals surface area contributed by atoms with E-state index in [1.165, 1.54) is 0 Å². The maximum Gasteiger partial charge on any atom is 0.247 e. The Morgan fingerprint density at radius 3 is 2.49 bits per heavy atom. The smallest absolute Gasteiger partial charge is 0.247 e. The molecule has 1 aliphatic heterocycles. The average Bonchev–Trinajstić information content (AvgIpc) is 2.87. The summed E-state index contributed by atoms with van der Waals surface area (Å²) in [6.45, 7) is 6.61. The van der Waals surface area contributed by atoms with Crippen molar-refractivity contribution in [1.82, 2.24) is 15.3 Å². The Morgan fingerprint density at radius 2 is 1.89 bits per heavy atom. The van der Waals surface area contributed by atoms with Gasteiger partial charge in [-0.25, -0.2) is 18.7 Å². The zero-order valence-corrected chi connectivity index (χ0v) is 23.3. The Kier molecular flexibility index (Phi) is 13.3.